The molecule has 0 aliphatic heterocycles. The molecule has 5 nitrogen and oxygen atoms in total. The van der Waals surface area contributed by atoms with Crippen LogP contribution >= 0.6 is 15.9 Å². The van der Waals surface area contributed by atoms with Gasteiger partial charge in [0.2, 0.25) is 0 Å². The number of nitrogens with one attached hydrogen (secondary N) is 1. The van der Waals surface area contributed by atoms with Gasteiger partial charge in [-0.15, -0.1) is 0 Å². The summed E-state index contributed by atoms with van der Waals surface area (Å²) in [6.45, 7) is 5.89. The Bertz CT molecular complexity index is 920. The summed E-state index contributed by atoms with van der Waals surface area (Å²) in [5.41, 5.74) is 1.63. The number of halogens is 1. The fourth-order valence-electron chi connectivity index (χ4n) is 2.64. The maximum Gasteiger partial charge on any atom is 0.262 e. The van der Waals surface area contributed by atoms with Crippen LogP contribution in [-0.2, 0) is 4.79 Å². The number of nitrogens with zero attached hydrogens (tertiary/aromatic N) is 1. The Balaban J connectivity index is 2.26. The van der Waals surface area contributed by atoms with E-state index in [1.807, 2.05) is 57.2 Å². The first-order chi connectivity index (χ1) is 13.9. The largest absolute Gasteiger partial charge is 0.493 e. The summed E-state index contributed by atoms with van der Waals surface area (Å²) < 4.78 is 12.1. The zero-order chi connectivity index (χ0) is 21.4. The Morgan fingerprint density at radius 2 is 1.97 bits per heavy atom. The molecule has 1 N–H and O–H groups in total. The molecule has 152 valence electrons. The Kier molecular flexibility index (Phi) is 8.29. The minimum Gasteiger partial charge on any atom is -0.493 e. The van der Waals surface area contributed by atoms with Gasteiger partial charge in [0.05, 0.1) is 23.7 Å². The van der Waals surface area contributed by atoms with Crippen LogP contribution in [0.25, 0.3) is 6.08 Å². The second-order valence-corrected chi connectivity index (χ2v) is 7.50. The van der Waals surface area contributed by atoms with Gasteiger partial charge >= 0.3 is 0 Å². The predicted molar refractivity (Wildman–Crippen MR) is 118 cm³/mol. The van der Waals surface area contributed by atoms with Gasteiger partial charge in [-0.3, -0.25) is 4.79 Å². The molecule has 2 aromatic rings. The van der Waals surface area contributed by atoms with Gasteiger partial charge in [0.15, 0.2) is 11.5 Å². The van der Waals surface area contributed by atoms with Crippen LogP contribution < -0.4 is 14.8 Å². The standard InChI is InChI=1S/C23H25BrN2O3/c1-5-15(2)29-22-20(24)12-17(13-21(22)28-4)11-19(14-25)23(27)26-16(3)18-9-7-6-8-10-18/h6-13,15-16H,5H2,1-4H3,(H,26,27)/b19-11-/t15-,16+/m0/s1. The summed E-state index contributed by atoms with van der Waals surface area (Å²) in [5, 5.41) is 12.4. The Morgan fingerprint density at radius 3 is 2.55 bits per heavy atom. The van der Waals surface area contributed by atoms with Crippen LogP contribution in [-0.4, -0.2) is 19.1 Å². The van der Waals surface area contributed by atoms with E-state index in [1.165, 1.54) is 6.08 Å². The number of hydrogen-bond acceptors (Lipinski definition) is 4. The molecule has 0 bridgehead atoms. The molecule has 0 heterocycles. The van der Waals surface area contributed by atoms with Gasteiger partial charge in [-0.2, -0.15) is 5.26 Å². The quantitative estimate of drug-likeness (QED) is 0.425. The van der Waals surface area contributed by atoms with E-state index in [2.05, 4.69) is 21.2 Å². The summed E-state index contributed by atoms with van der Waals surface area (Å²) in [6.07, 6.45) is 2.42. The second kappa shape index (κ2) is 10.7. The molecule has 29 heavy (non-hydrogen) atoms. The number of rotatable bonds is 8. The second-order valence-electron chi connectivity index (χ2n) is 6.65. The van der Waals surface area contributed by atoms with Crippen LogP contribution in [0.15, 0.2) is 52.5 Å². The number of carbonyl (C=O) groups excluding carboxylic acids is 1. The highest BCUT2D eigenvalue weighted by atomic mass is 79.9. The van der Waals surface area contributed by atoms with Gasteiger partial charge in [-0.05, 0) is 65.5 Å². The van der Waals surface area contributed by atoms with Crippen LogP contribution in [0.2, 0.25) is 0 Å². The van der Waals surface area contributed by atoms with Crippen molar-refractivity contribution in [2.75, 3.05) is 7.11 Å². The summed E-state index contributed by atoms with van der Waals surface area (Å²) in [4.78, 5) is 12.6. The van der Waals surface area contributed by atoms with Gasteiger partial charge in [-0.25, -0.2) is 0 Å². The van der Waals surface area contributed by atoms with Crippen molar-refractivity contribution in [3.63, 3.8) is 0 Å². The first-order valence-electron chi connectivity index (χ1n) is 9.41. The molecular formula is C23H25BrN2O3. The summed E-state index contributed by atoms with van der Waals surface area (Å²) >= 11 is 3.50. The van der Waals surface area contributed by atoms with E-state index >= 15 is 0 Å². The molecule has 6 heteroatoms. The number of ether oxygens (including phenoxy) is 2. The van der Waals surface area contributed by atoms with Crippen molar-refractivity contribution in [3.8, 4) is 17.6 Å². The van der Waals surface area contributed by atoms with Crippen molar-refractivity contribution in [3.05, 3.63) is 63.6 Å². The Labute approximate surface area is 180 Å². The average molecular weight is 457 g/mol. The number of amides is 1. The van der Waals surface area contributed by atoms with Gasteiger partial charge in [-0.1, -0.05) is 37.3 Å². The van der Waals surface area contributed by atoms with Crippen molar-refractivity contribution in [2.45, 2.75) is 39.3 Å². The van der Waals surface area contributed by atoms with E-state index in [4.69, 9.17) is 9.47 Å². The molecule has 0 aliphatic rings. The molecule has 0 fully saturated rings. The molecule has 2 atom stereocenters. The van der Waals surface area contributed by atoms with Crippen molar-refractivity contribution >= 4 is 27.9 Å². The summed E-state index contributed by atoms with van der Waals surface area (Å²) in [6, 6.07) is 14.9. The van der Waals surface area contributed by atoms with E-state index < -0.39 is 5.91 Å². The zero-order valence-electron chi connectivity index (χ0n) is 17.0. The smallest absolute Gasteiger partial charge is 0.262 e. The van der Waals surface area contributed by atoms with E-state index in [-0.39, 0.29) is 17.7 Å². The molecular weight excluding hydrogens is 432 g/mol. The normalized spacial score (nSPS) is 13.2. The summed E-state index contributed by atoms with van der Waals surface area (Å²) in [5.74, 6) is 0.694. The van der Waals surface area contributed by atoms with E-state index in [1.54, 1.807) is 19.2 Å². The fraction of sp³-hybridized carbons (Fsp3) is 0.304. The molecule has 0 aliphatic carbocycles. The highest BCUT2D eigenvalue weighted by molar-refractivity contribution is 9.10. The van der Waals surface area contributed by atoms with Gasteiger partial charge < -0.3 is 14.8 Å². The van der Waals surface area contributed by atoms with Crippen molar-refractivity contribution in [2.24, 2.45) is 0 Å². The van der Waals surface area contributed by atoms with E-state index in [9.17, 15) is 10.1 Å². The van der Waals surface area contributed by atoms with Crippen LogP contribution in [0.4, 0.5) is 0 Å². The third-order valence-corrected chi connectivity index (χ3v) is 5.06. The number of benzene rings is 2. The Morgan fingerprint density at radius 1 is 1.28 bits per heavy atom. The SMILES string of the molecule is CC[C@H](C)Oc1c(Br)cc(/C=C(/C#N)C(=O)N[C@H](C)c2ccccc2)cc1OC. The predicted octanol–water partition coefficient (Wildman–Crippen LogP) is 5.42. The molecule has 0 saturated heterocycles. The van der Waals surface area contributed by atoms with E-state index in [0.717, 1.165) is 12.0 Å². The summed E-state index contributed by atoms with van der Waals surface area (Å²) in [7, 11) is 1.55. The van der Waals surface area contributed by atoms with Gasteiger partial charge in [0.25, 0.3) is 5.91 Å². The van der Waals surface area contributed by atoms with Crippen LogP contribution in [0.5, 0.6) is 11.5 Å². The number of nitriles is 1. The highest BCUT2D eigenvalue weighted by Crippen LogP contribution is 2.38. The molecule has 0 unspecified atom stereocenters. The number of hydrogen-bond donors (Lipinski definition) is 1. The van der Waals surface area contributed by atoms with Crippen LogP contribution in [0, 0.1) is 11.3 Å². The lowest BCUT2D eigenvalue weighted by molar-refractivity contribution is -0.117. The average Bonchev–Trinajstić information content (AvgIpc) is 2.73. The first-order valence-corrected chi connectivity index (χ1v) is 10.2. The van der Waals surface area contributed by atoms with Gasteiger partial charge in [0.1, 0.15) is 11.6 Å². The lowest BCUT2D eigenvalue weighted by Gasteiger charge is -2.17. The molecule has 2 aromatic carbocycles. The van der Waals surface area contributed by atoms with Crippen molar-refractivity contribution in [1.82, 2.24) is 5.32 Å². The lowest BCUT2D eigenvalue weighted by atomic mass is 10.1. The topological polar surface area (TPSA) is 71.3 Å². The van der Waals surface area contributed by atoms with Crippen molar-refractivity contribution in [1.29, 1.82) is 5.26 Å². The lowest BCUT2D eigenvalue weighted by Crippen LogP contribution is -2.27. The molecule has 0 radical (unpaired) electrons. The number of methoxy groups -OCH3 is 1. The monoisotopic (exact) mass is 456 g/mol. The molecule has 1 amide bonds. The third-order valence-electron chi connectivity index (χ3n) is 4.47. The minimum atomic E-state index is -0.432. The Hall–Kier alpha value is -2.78. The molecule has 0 saturated carbocycles. The highest BCUT2D eigenvalue weighted by Gasteiger charge is 2.17. The van der Waals surface area contributed by atoms with Gasteiger partial charge in [0, 0.05) is 0 Å². The third kappa shape index (κ3) is 6.10. The molecule has 0 aromatic heterocycles. The fourth-order valence-corrected chi connectivity index (χ4v) is 3.19. The first kappa shape index (κ1) is 22.5. The minimum absolute atomic E-state index is 0.0114. The van der Waals surface area contributed by atoms with Crippen molar-refractivity contribution < 1.29 is 14.3 Å². The zero-order valence-corrected chi connectivity index (χ0v) is 18.6. The van der Waals surface area contributed by atoms with Crippen LogP contribution in [0.3, 0.4) is 0 Å². The van der Waals surface area contributed by atoms with E-state index in [0.29, 0.717) is 21.5 Å². The molecule has 2 rings (SSSR count). The maximum absolute atomic E-state index is 12.6. The molecule has 0 spiro atoms. The maximum atomic E-state index is 12.6. The van der Waals surface area contributed by atoms with Crippen LogP contribution in [0.1, 0.15) is 44.4 Å². The number of carbonyl (C=O) groups is 1.